The van der Waals surface area contributed by atoms with Crippen molar-refractivity contribution in [3.05, 3.63) is 42.5 Å². The van der Waals surface area contributed by atoms with Gasteiger partial charge in [0.25, 0.3) is 0 Å². The molecule has 1 aromatic carbocycles. The first-order chi connectivity index (χ1) is 10.7. The zero-order valence-electron chi connectivity index (χ0n) is 12.1. The van der Waals surface area contributed by atoms with E-state index in [-0.39, 0.29) is 36.6 Å². The molecule has 0 N–H and O–H groups in total. The molecule has 1 aliphatic heterocycles. The summed E-state index contributed by atoms with van der Waals surface area (Å²) in [6.45, 7) is 0.0936. The molecule has 2 atom stereocenters. The fourth-order valence-electron chi connectivity index (χ4n) is 2.96. The maximum atomic E-state index is 12.2. The molecular formula is C17H17NO4. The molecule has 3 rings (SSSR count). The van der Waals surface area contributed by atoms with Gasteiger partial charge in [-0.2, -0.15) is 0 Å². The molecule has 0 saturated carbocycles. The minimum Gasteiger partial charge on any atom is -0.426 e. The number of imide groups is 1. The summed E-state index contributed by atoms with van der Waals surface area (Å²) in [4.78, 5) is 37.5. The highest BCUT2D eigenvalue weighted by atomic mass is 16.5. The summed E-state index contributed by atoms with van der Waals surface area (Å²) in [6, 6.07) is 8.74. The van der Waals surface area contributed by atoms with Crippen LogP contribution in [-0.2, 0) is 14.4 Å². The third kappa shape index (κ3) is 2.79. The highest BCUT2D eigenvalue weighted by molar-refractivity contribution is 6.05. The third-order valence-corrected chi connectivity index (χ3v) is 4.11. The monoisotopic (exact) mass is 299 g/mol. The minimum atomic E-state index is -0.445. The molecule has 0 bridgehead atoms. The molecule has 1 heterocycles. The van der Waals surface area contributed by atoms with Gasteiger partial charge in [0.15, 0.2) is 0 Å². The number of fused-ring (bicyclic) bond motifs is 1. The molecule has 22 heavy (non-hydrogen) atoms. The molecule has 2 aliphatic rings. The SMILES string of the molecule is O=C(CCN1C(=O)[C@H]2CC=CC[C@@H]2C1=O)Oc1ccccc1. The summed E-state index contributed by atoms with van der Waals surface area (Å²) in [7, 11) is 0. The van der Waals surface area contributed by atoms with Crippen LogP contribution in [-0.4, -0.2) is 29.2 Å². The van der Waals surface area contributed by atoms with Gasteiger partial charge in [-0.3, -0.25) is 19.3 Å². The summed E-state index contributed by atoms with van der Waals surface area (Å²) in [5, 5.41) is 0. The molecule has 0 unspecified atom stereocenters. The summed E-state index contributed by atoms with van der Waals surface area (Å²) < 4.78 is 5.16. The van der Waals surface area contributed by atoms with Gasteiger partial charge in [-0.15, -0.1) is 0 Å². The van der Waals surface area contributed by atoms with E-state index in [9.17, 15) is 14.4 Å². The second-order valence-corrected chi connectivity index (χ2v) is 5.52. The smallest absolute Gasteiger partial charge is 0.312 e. The van der Waals surface area contributed by atoms with Crippen molar-refractivity contribution < 1.29 is 19.1 Å². The van der Waals surface area contributed by atoms with Crippen LogP contribution >= 0.6 is 0 Å². The van der Waals surface area contributed by atoms with Gasteiger partial charge in [0.2, 0.25) is 11.8 Å². The van der Waals surface area contributed by atoms with Crippen molar-refractivity contribution in [1.29, 1.82) is 0 Å². The van der Waals surface area contributed by atoms with Crippen molar-refractivity contribution in [1.82, 2.24) is 4.90 Å². The lowest BCUT2D eigenvalue weighted by atomic mass is 9.85. The Bertz CT molecular complexity index is 597. The number of nitrogens with zero attached hydrogens (tertiary/aromatic N) is 1. The Hall–Kier alpha value is -2.43. The zero-order chi connectivity index (χ0) is 15.5. The molecular weight excluding hydrogens is 282 g/mol. The lowest BCUT2D eigenvalue weighted by Gasteiger charge is -2.14. The van der Waals surface area contributed by atoms with E-state index in [4.69, 9.17) is 4.74 Å². The Balaban J connectivity index is 1.56. The highest BCUT2D eigenvalue weighted by Crippen LogP contribution is 2.35. The number of benzene rings is 1. The Morgan fingerprint density at radius 2 is 1.64 bits per heavy atom. The average Bonchev–Trinajstić information content (AvgIpc) is 2.78. The highest BCUT2D eigenvalue weighted by Gasteiger charge is 2.46. The molecule has 0 radical (unpaired) electrons. The number of carbonyl (C=O) groups excluding carboxylic acids is 3. The molecule has 1 saturated heterocycles. The van der Waals surface area contributed by atoms with E-state index < -0.39 is 5.97 Å². The summed E-state index contributed by atoms with van der Waals surface area (Å²) >= 11 is 0. The van der Waals surface area contributed by atoms with Crippen LogP contribution in [0.15, 0.2) is 42.5 Å². The molecule has 114 valence electrons. The quantitative estimate of drug-likeness (QED) is 0.369. The van der Waals surface area contributed by atoms with Crippen LogP contribution in [0.25, 0.3) is 0 Å². The Morgan fingerprint density at radius 3 is 2.23 bits per heavy atom. The van der Waals surface area contributed by atoms with Crippen LogP contribution in [0, 0.1) is 11.8 Å². The molecule has 1 aliphatic carbocycles. The van der Waals surface area contributed by atoms with Gasteiger partial charge < -0.3 is 4.74 Å². The van der Waals surface area contributed by atoms with E-state index >= 15 is 0 Å². The molecule has 1 aromatic rings. The van der Waals surface area contributed by atoms with E-state index in [0.29, 0.717) is 18.6 Å². The molecule has 5 nitrogen and oxygen atoms in total. The van der Waals surface area contributed by atoms with Crippen molar-refractivity contribution in [3.63, 3.8) is 0 Å². The number of carbonyl (C=O) groups is 3. The first kappa shape index (κ1) is 14.5. The number of hydrogen-bond acceptors (Lipinski definition) is 4. The molecule has 0 aromatic heterocycles. The molecule has 5 heteroatoms. The fourth-order valence-corrected chi connectivity index (χ4v) is 2.96. The predicted molar refractivity (Wildman–Crippen MR) is 78.8 cm³/mol. The normalized spacial score (nSPS) is 23.5. The molecule has 1 fully saturated rings. The van der Waals surface area contributed by atoms with E-state index in [1.165, 1.54) is 4.90 Å². The second kappa shape index (κ2) is 6.13. The fraction of sp³-hybridized carbons (Fsp3) is 0.353. The zero-order valence-corrected chi connectivity index (χ0v) is 12.1. The van der Waals surface area contributed by atoms with Crippen LogP contribution in [0.3, 0.4) is 0 Å². The van der Waals surface area contributed by atoms with Gasteiger partial charge in [-0.25, -0.2) is 0 Å². The topological polar surface area (TPSA) is 63.7 Å². The van der Waals surface area contributed by atoms with E-state index in [0.717, 1.165) is 0 Å². The number of esters is 1. The summed E-state index contributed by atoms with van der Waals surface area (Å²) in [5.41, 5.74) is 0. The molecule has 0 spiro atoms. The van der Waals surface area contributed by atoms with Crippen LogP contribution in [0.5, 0.6) is 5.75 Å². The van der Waals surface area contributed by atoms with Crippen molar-refractivity contribution in [2.45, 2.75) is 19.3 Å². The van der Waals surface area contributed by atoms with Crippen LogP contribution in [0.4, 0.5) is 0 Å². The van der Waals surface area contributed by atoms with Gasteiger partial charge in [-0.05, 0) is 25.0 Å². The third-order valence-electron chi connectivity index (χ3n) is 4.11. The van der Waals surface area contributed by atoms with Crippen molar-refractivity contribution in [3.8, 4) is 5.75 Å². The van der Waals surface area contributed by atoms with Gasteiger partial charge in [0.05, 0.1) is 18.3 Å². The number of allylic oxidation sites excluding steroid dienone is 2. The number of likely N-dealkylation sites (tertiary alicyclic amines) is 1. The number of para-hydroxylation sites is 1. The maximum absolute atomic E-state index is 12.2. The Kier molecular flexibility index (Phi) is 4.04. The van der Waals surface area contributed by atoms with Crippen LogP contribution in [0.2, 0.25) is 0 Å². The molecule has 2 amide bonds. The first-order valence-electron chi connectivity index (χ1n) is 7.43. The lowest BCUT2D eigenvalue weighted by Crippen LogP contribution is -2.33. The Labute approximate surface area is 128 Å². The number of amides is 2. The van der Waals surface area contributed by atoms with Gasteiger partial charge in [0, 0.05) is 6.54 Å². The van der Waals surface area contributed by atoms with E-state index in [2.05, 4.69) is 0 Å². The second-order valence-electron chi connectivity index (χ2n) is 5.52. The van der Waals surface area contributed by atoms with Gasteiger partial charge in [0.1, 0.15) is 5.75 Å². The van der Waals surface area contributed by atoms with E-state index in [1.807, 2.05) is 18.2 Å². The summed E-state index contributed by atoms with van der Waals surface area (Å²) in [5.74, 6) is -0.798. The van der Waals surface area contributed by atoms with Crippen LogP contribution in [0.1, 0.15) is 19.3 Å². The standard InChI is InChI=1S/C17H17NO4/c19-15(22-12-6-2-1-3-7-12)10-11-18-16(20)13-8-4-5-9-14(13)17(18)21/h1-7,13-14H,8-11H2/t13-,14-/m0/s1. The Morgan fingerprint density at radius 1 is 1.05 bits per heavy atom. The lowest BCUT2D eigenvalue weighted by molar-refractivity contribution is -0.141. The van der Waals surface area contributed by atoms with E-state index in [1.54, 1.807) is 24.3 Å². The van der Waals surface area contributed by atoms with Crippen LogP contribution < -0.4 is 4.74 Å². The number of rotatable bonds is 4. The largest absolute Gasteiger partial charge is 0.426 e. The number of ether oxygens (including phenoxy) is 1. The predicted octanol–water partition coefficient (Wildman–Crippen LogP) is 1.93. The van der Waals surface area contributed by atoms with Crippen molar-refractivity contribution in [2.24, 2.45) is 11.8 Å². The first-order valence-corrected chi connectivity index (χ1v) is 7.43. The van der Waals surface area contributed by atoms with Gasteiger partial charge >= 0.3 is 5.97 Å². The van der Waals surface area contributed by atoms with Crippen molar-refractivity contribution in [2.75, 3.05) is 6.54 Å². The van der Waals surface area contributed by atoms with Crippen molar-refractivity contribution >= 4 is 17.8 Å². The van der Waals surface area contributed by atoms with Gasteiger partial charge in [-0.1, -0.05) is 30.4 Å². The number of hydrogen-bond donors (Lipinski definition) is 0. The minimum absolute atomic E-state index is 0.0131. The maximum Gasteiger partial charge on any atom is 0.312 e. The average molecular weight is 299 g/mol. The summed E-state index contributed by atoms with van der Waals surface area (Å²) in [6.07, 6.45) is 5.12.